The van der Waals surface area contributed by atoms with Crippen molar-refractivity contribution in [3.8, 4) is 0 Å². The van der Waals surface area contributed by atoms with Gasteiger partial charge in [-0.15, -0.1) is 0 Å². The molecule has 6 N–H and O–H groups in total. The number of amides is 1. The fourth-order valence-electron chi connectivity index (χ4n) is 8.88. The summed E-state index contributed by atoms with van der Waals surface area (Å²) in [7, 11) is 0. The van der Waals surface area contributed by atoms with E-state index in [2.05, 4.69) is 43.5 Å². The molecule has 1 rings (SSSR count). The minimum Gasteiger partial charge on any atom is -0.466 e. The first kappa shape index (κ1) is 64.9. The van der Waals surface area contributed by atoms with Crippen molar-refractivity contribution in [2.45, 2.75) is 301 Å². The van der Waals surface area contributed by atoms with Crippen LogP contribution >= 0.6 is 0 Å². The number of aliphatic hydroxyl groups is 5. The van der Waals surface area contributed by atoms with Gasteiger partial charge in [0.1, 0.15) is 24.4 Å². The fraction of sp³-hybridized carbons (Fsp3) is 0.862. The molecule has 0 aromatic carbocycles. The molecule has 0 aromatic rings. The Morgan fingerprint density at radius 1 is 0.536 bits per heavy atom. The Bertz CT molecular complexity index is 1240. The Morgan fingerprint density at radius 3 is 1.49 bits per heavy atom. The number of aliphatic hydroxyl groups excluding tert-OH is 5. The standard InChI is InChI=1S/C58H107NO10/c1-3-5-7-9-11-13-14-15-16-17-20-23-26-30-34-38-42-46-54(63)67-47-43-39-35-31-27-24-21-18-19-22-25-29-33-37-41-45-53(62)59-50(51(61)44-40-36-32-28-12-10-8-6-4-2)49-68-58-57(66)56(65)55(64)52(48-60)69-58/h11,13,15-16,40,44,50-52,55-58,60-61,64-66H,3-10,12,14,17-39,41-43,45-49H2,1-2H3,(H,59,62)/b13-11-,16-15-,44-40+. The fourth-order valence-corrected chi connectivity index (χ4v) is 8.88. The summed E-state index contributed by atoms with van der Waals surface area (Å²) in [4.78, 5) is 25.1. The first-order chi connectivity index (χ1) is 33.7. The lowest BCUT2D eigenvalue weighted by molar-refractivity contribution is -0.302. The van der Waals surface area contributed by atoms with E-state index in [0.717, 1.165) is 77.0 Å². The minimum atomic E-state index is -1.57. The van der Waals surface area contributed by atoms with Crippen molar-refractivity contribution in [1.82, 2.24) is 5.32 Å². The largest absolute Gasteiger partial charge is 0.466 e. The van der Waals surface area contributed by atoms with Crippen LogP contribution in [0.15, 0.2) is 36.5 Å². The van der Waals surface area contributed by atoms with Crippen LogP contribution in [0.3, 0.4) is 0 Å². The van der Waals surface area contributed by atoms with E-state index in [0.29, 0.717) is 19.4 Å². The average molecular weight is 978 g/mol. The molecule has 0 bridgehead atoms. The molecule has 0 saturated carbocycles. The number of esters is 1. The molecular weight excluding hydrogens is 871 g/mol. The van der Waals surface area contributed by atoms with Gasteiger partial charge in [-0.3, -0.25) is 9.59 Å². The zero-order valence-corrected chi connectivity index (χ0v) is 44.3. The van der Waals surface area contributed by atoms with Crippen LogP contribution in [0.2, 0.25) is 0 Å². The predicted octanol–water partition coefficient (Wildman–Crippen LogP) is 12.7. The molecule has 404 valence electrons. The van der Waals surface area contributed by atoms with Crippen molar-refractivity contribution in [3.05, 3.63) is 36.5 Å². The summed E-state index contributed by atoms with van der Waals surface area (Å²) in [6.07, 6.45) is 48.1. The molecule has 0 aromatic heterocycles. The third-order valence-corrected chi connectivity index (χ3v) is 13.5. The van der Waals surface area contributed by atoms with Crippen LogP contribution in [-0.4, -0.2) is 100 Å². The Morgan fingerprint density at radius 2 is 0.971 bits per heavy atom. The van der Waals surface area contributed by atoms with E-state index >= 15 is 0 Å². The molecule has 0 spiro atoms. The van der Waals surface area contributed by atoms with Gasteiger partial charge in [0.25, 0.3) is 0 Å². The van der Waals surface area contributed by atoms with Crippen LogP contribution in [0.5, 0.6) is 0 Å². The van der Waals surface area contributed by atoms with E-state index < -0.39 is 49.5 Å². The predicted molar refractivity (Wildman–Crippen MR) is 283 cm³/mol. The second kappa shape index (κ2) is 48.2. The van der Waals surface area contributed by atoms with Gasteiger partial charge in [-0.05, 0) is 64.2 Å². The van der Waals surface area contributed by atoms with Crippen molar-refractivity contribution in [3.63, 3.8) is 0 Å². The number of nitrogens with one attached hydrogen (secondary N) is 1. The number of hydrogen-bond acceptors (Lipinski definition) is 10. The Balaban J connectivity index is 2.04. The van der Waals surface area contributed by atoms with Crippen LogP contribution in [0.1, 0.15) is 258 Å². The molecule has 0 radical (unpaired) electrons. The van der Waals surface area contributed by atoms with Gasteiger partial charge in [0, 0.05) is 12.8 Å². The summed E-state index contributed by atoms with van der Waals surface area (Å²) in [5.74, 6) is -0.220. The van der Waals surface area contributed by atoms with Crippen molar-refractivity contribution in [2.75, 3.05) is 19.8 Å². The lowest BCUT2D eigenvalue weighted by Gasteiger charge is -2.40. The minimum absolute atomic E-state index is 0.0268. The average Bonchev–Trinajstić information content (AvgIpc) is 3.34. The number of carbonyl (C=O) groups is 2. The van der Waals surface area contributed by atoms with Gasteiger partial charge in [0.05, 0.1) is 32.0 Å². The molecule has 1 saturated heterocycles. The second-order valence-electron chi connectivity index (χ2n) is 20.0. The maximum atomic E-state index is 13.0. The van der Waals surface area contributed by atoms with Crippen LogP contribution < -0.4 is 5.32 Å². The summed E-state index contributed by atoms with van der Waals surface area (Å²) in [6, 6.07) is -0.815. The molecule has 1 fully saturated rings. The number of rotatable bonds is 49. The van der Waals surface area contributed by atoms with Gasteiger partial charge < -0.3 is 45.1 Å². The second-order valence-corrected chi connectivity index (χ2v) is 20.0. The van der Waals surface area contributed by atoms with Gasteiger partial charge in [-0.25, -0.2) is 0 Å². The highest BCUT2D eigenvalue weighted by Crippen LogP contribution is 2.23. The number of hydrogen-bond donors (Lipinski definition) is 6. The Labute approximate surface area is 422 Å². The van der Waals surface area contributed by atoms with Crippen LogP contribution in [0, 0.1) is 0 Å². The summed E-state index contributed by atoms with van der Waals surface area (Å²) in [5, 5.41) is 54.2. The zero-order valence-electron chi connectivity index (χ0n) is 44.3. The summed E-state index contributed by atoms with van der Waals surface area (Å²) in [6.45, 7) is 4.25. The third-order valence-electron chi connectivity index (χ3n) is 13.5. The molecule has 1 heterocycles. The Hall–Kier alpha value is -2.12. The SMILES string of the molecule is CCCCC/C=C\C/C=C\CCCCCCCCCC(=O)OCCCCCCCCCCCCCCCCCC(=O)NC(COC1OC(CO)C(O)C(O)C1O)C(O)/C=C/CCCCCCCCC. The lowest BCUT2D eigenvalue weighted by atomic mass is 9.99. The lowest BCUT2D eigenvalue weighted by Crippen LogP contribution is -2.60. The Kier molecular flexibility index (Phi) is 45.3. The molecule has 69 heavy (non-hydrogen) atoms. The number of ether oxygens (including phenoxy) is 3. The van der Waals surface area contributed by atoms with Gasteiger partial charge in [-0.1, -0.05) is 217 Å². The van der Waals surface area contributed by atoms with Crippen LogP contribution in [0.4, 0.5) is 0 Å². The van der Waals surface area contributed by atoms with E-state index in [1.807, 2.05) is 6.08 Å². The van der Waals surface area contributed by atoms with Gasteiger partial charge >= 0.3 is 5.97 Å². The molecule has 11 nitrogen and oxygen atoms in total. The van der Waals surface area contributed by atoms with Crippen molar-refractivity contribution in [1.29, 1.82) is 0 Å². The quantitative estimate of drug-likeness (QED) is 0.0196. The summed E-state index contributed by atoms with van der Waals surface area (Å²) >= 11 is 0. The third kappa shape index (κ3) is 38.2. The topological polar surface area (TPSA) is 175 Å². The maximum absolute atomic E-state index is 13.0. The van der Waals surface area contributed by atoms with Gasteiger partial charge in [-0.2, -0.15) is 0 Å². The molecule has 11 heteroatoms. The normalized spacial score (nSPS) is 19.6. The highest BCUT2D eigenvalue weighted by atomic mass is 16.7. The van der Waals surface area contributed by atoms with E-state index in [9.17, 15) is 35.1 Å². The van der Waals surface area contributed by atoms with Crippen LogP contribution in [0.25, 0.3) is 0 Å². The van der Waals surface area contributed by atoms with Crippen molar-refractivity contribution >= 4 is 11.9 Å². The highest BCUT2D eigenvalue weighted by Gasteiger charge is 2.44. The summed E-state index contributed by atoms with van der Waals surface area (Å²) < 4.78 is 16.7. The smallest absolute Gasteiger partial charge is 0.305 e. The first-order valence-corrected chi connectivity index (χ1v) is 28.8. The molecule has 7 atom stereocenters. The highest BCUT2D eigenvalue weighted by molar-refractivity contribution is 5.76. The molecule has 0 aliphatic carbocycles. The zero-order chi connectivity index (χ0) is 50.3. The molecular formula is C58H107NO10. The van der Waals surface area contributed by atoms with Gasteiger partial charge in [0.2, 0.25) is 5.91 Å². The van der Waals surface area contributed by atoms with Gasteiger partial charge in [0.15, 0.2) is 6.29 Å². The van der Waals surface area contributed by atoms with Crippen molar-refractivity contribution < 1.29 is 49.3 Å². The van der Waals surface area contributed by atoms with E-state index in [1.165, 1.54) is 154 Å². The number of allylic oxidation sites excluding steroid dienone is 5. The molecule has 1 amide bonds. The number of unbranched alkanes of at least 4 members (excludes halogenated alkanes) is 31. The van der Waals surface area contributed by atoms with E-state index in [1.54, 1.807) is 6.08 Å². The van der Waals surface area contributed by atoms with E-state index in [-0.39, 0.29) is 18.5 Å². The monoisotopic (exact) mass is 978 g/mol. The van der Waals surface area contributed by atoms with Crippen molar-refractivity contribution in [2.24, 2.45) is 0 Å². The van der Waals surface area contributed by atoms with E-state index in [4.69, 9.17) is 14.2 Å². The maximum Gasteiger partial charge on any atom is 0.305 e. The summed E-state index contributed by atoms with van der Waals surface area (Å²) in [5.41, 5.74) is 0. The first-order valence-electron chi connectivity index (χ1n) is 28.8. The number of carbonyl (C=O) groups excluding carboxylic acids is 2. The molecule has 7 unspecified atom stereocenters. The molecule has 1 aliphatic heterocycles. The molecule has 1 aliphatic rings. The van der Waals surface area contributed by atoms with Crippen LogP contribution in [-0.2, 0) is 23.8 Å².